The van der Waals surface area contributed by atoms with Crippen molar-refractivity contribution in [3.8, 4) is 11.5 Å². The summed E-state index contributed by atoms with van der Waals surface area (Å²) in [5, 5.41) is 12.6. The number of halogens is 1. The highest BCUT2D eigenvalue weighted by atomic mass is 35.5. The summed E-state index contributed by atoms with van der Waals surface area (Å²) in [6.45, 7) is 2.31. The predicted molar refractivity (Wildman–Crippen MR) is 79.8 cm³/mol. The van der Waals surface area contributed by atoms with Gasteiger partial charge in [-0.3, -0.25) is 0 Å². The molecule has 0 amide bonds. The Morgan fingerprint density at radius 2 is 2.20 bits per heavy atom. The van der Waals surface area contributed by atoms with Gasteiger partial charge >= 0.3 is 0 Å². The molecule has 0 aliphatic rings. The first kappa shape index (κ1) is 15.1. The van der Waals surface area contributed by atoms with E-state index in [0.717, 1.165) is 17.1 Å². The zero-order valence-electron chi connectivity index (χ0n) is 11.4. The number of aromatic nitrogens is 1. The van der Waals surface area contributed by atoms with E-state index in [0.29, 0.717) is 28.7 Å². The van der Waals surface area contributed by atoms with Crippen molar-refractivity contribution in [2.75, 3.05) is 7.11 Å². The van der Waals surface area contributed by atoms with Gasteiger partial charge in [0.25, 0.3) is 0 Å². The molecular weight excluding hydrogens is 298 g/mol. The fraction of sp³-hybridized carbons (Fsp3) is 0.357. The number of rotatable bonds is 6. The van der Waals surface area contributed by atoms with Crippen LogP contribution in [0.2, 0.25) is 5.02 Å². The third-order valence-electron chi connectivity index (χ3n) is 2.74. The van der Waals surface area contributed by atoms with Crippen LogP contribution in [-0.2, 0) is 19.6 Å². The first-order valence-electron chi connectivity index (χ1n) is 6.21. The molecular formula is C14H16ClNO3S. The lowest BCUT2D eigenvalue weighted by molar-refractivity contribution is 0.273. The molecule has 0 saturated carbocycles. The number of aliphatic hydroxyl groups is 1. The lowest BCUT2D eigenvalue weighted by Crippen LogP contribution is -2.00. The topological polar surface area (TPSA) is 51.6 Å². The summed E-state index contributed by atoms with van der Waals surface area (Å²) in [4.78, 5) is 4.43. The second-order valence-electron chi connectivity index (χ2n) is 4.14. The molecule has 0 fully saturated rings. The van der Waals surface area contributed by atoms with Gasteiger partial charge in [0.2, 0.25) is 0 Å². The number of hydrogen-bond acceptors (Lipinski definition) is 5. The van der Waals surface area contributed by atoms with Crippen LogP contribution in [0.25, 0.3) is 0 Å². The average Bonchev–Trinajstić information content (AvgIpc) is 2.93. The van der Waals surface area contributed by atoms with Gasteiger partial charge in [-0.15, -0.1) is 11.3 Å². The fourth-order valence-electron chi connectivity index (χ4n) is 1.73. The molecule has 108 valence electrons. The number of nitrogens with zero attached hydrogens (tertiary/aromatic N) is 1. The molecule has 0 radical (unpaired) electrons. The van der Waals surface area contributed by atoms with Crippen molar-refractivity contribution in [2.24, 2.45) is 0 Å². The van der Waals surface area contributed by atoms with Gasteiger partial charge in [0.1, 0.15) is 6.61 Å². The maximum absolute atomic E-state index is 9.15. The van der Waals surface area contributed by atoms with E-state index < -0.39 is 0 Å². The summed E-state index contributed by atoms with van der Waals surface area (Å²) < 4.78 is 11.0. The van der Waals surface area contributed by atoms with Gasteiger partial charge in [-0.2, -0.15) is 0 Å². The van der Waals surface area contributed by atoms with Crippen molar-refractivity contribution in [3.63, 3.8) is 0 Å². The van der Waals surface area contributed by atoms with Crippen molar-refractivity contribution in [2.45, 2.75) is 26.6 Å². The van der Waals surface area contributed by atoms with Crippen molar-refractivity contribution < 1.29 is 14.6 Å². The van der Waals surface area contributed by atoms with Gasteiger partial charge < -0.3 is 14.6 Å². The number of methoxy groups -OCH3 is 1. The Labute approximate surface area is 126 Å². The second-order valence-corrected chi connectivity index (χ2v) is 5.49. The van der Waals surface area contributed by atoms with Gasteiger partial charge in [-0.25, -0.2) is 4.98 Å². The van der Waals surface area contributed by atoms with E-state index >= 15 is 0 Å². The summed E-state index contributed by atoms with van der Waals surface area (Å²) >= 11 is 7.77. The number of ether oxygens (including phenoxy) is 2. The van der Waals surface area contributed by atoms with E-state index in [9.17, 15) is 0 Å². The molecule has 20 heavy (non-hydrogen) atoms. The van der Waals surface area contributed by atoms with Crippen LogP contribution >= 0.6 is 22.9 Å². The quantitative estimate of drug-likeness (QED) is 0.887. The molecule has 0 aliphatic heterocycles. The van der Waals surface area contributed by atoms with Crippen molar-refractivity contribution in [1.29, 1.82) is 0 Å². The molecule has 0 aliphatic carbocycles. The summed E-state index contributed by atoms with van der Waals surface area (Å²) in [5.41, 5.74) is 1.55. The minimum atomic E-state index is -0.0949. The second kappa shape index (κ2) is 6.92. The standard InChI is InChI=1S/C14H16ClNO3S/c1-3-13-16-10(8-20-13)7-19-14-11(15)4-9(6-17)5-12(14)18-2/h4-5,8,17H,3,6-7H2,1-2H3. The van der Waals surface area contributed by atoms with Crippen LogP contribution in [0.15, 0.2) is 17.5 Å². The molecule has 1 heterocycles. The van der Waals surface area contributed by atoms with E-state index in [1.807, 2.05) is 5.38 Å². The van der Waals surface area contributed by atoms with Crippen LogP contribution < -0.4 is 9.47 Å². The van der Waals surface area contributed by atoms with Crippen LogP contribution in [0, 0.1) is 0 Å². The third-order valence-corrected chi connectivity index (χ3v) is 4.06. The smallest absolute Gasteiger partial charge is 0.180 e. The van der Waals surface area contributed by atoms with Gasteiger partial charge in [0, 0.05) is 5.38 Å². The van der Waals surface area contributed by atoms with Crippen LogP contribution in [0.5, 0.6) is 11.5 Å². The third kappa shape index (κ3) is 3.42. The van der Waals surface area contributed by atoms with Crippen molar-refractivity contribution >= 4 is 22.9 Å². The maximum Gasteiger partial charge on any atom is 0.180 e. The first-order chi connectivity index (χ1) is 9.67. The van der Waals surface area contributed by atoms with Crippen LogP contribution in [0.1, 0.15) is 23.2 Å². The number of thiazole rings is 1. The molecule has 0 atom stereocenters. The highest BCUT2D eigenvalue weighted by Gasteiger charge is 2.12. The first-order valence-corrected chi connectivity index (χ1v) is 7.47. The van der Waals surface area contributed by atoms with Gasteiger partial charge in [0.15, 0.2) is 11.5 Å². The Morgan fingerprint density at radius 3 is 2.80 bits per heavy atom. The lowest BCUT2D eigenvalue weighted by Gasteiger charge is -2.13. The highest BCUT2D eigenvalue weighted by molar-refractivity contribution is 7.09. The molecule has 4 nitrogen and oxygen atoms in total. The minimum absolute atomic E-state index is 0.0949. The van der Waals surface area contributed by atoms with Gasteiger partial charge in [-0.1, -0.05) is 18.5 Å². The molecule has 0 bridgehead atoms. The fourth-order valence-corrected chi connectivity index (χ4v) is 2.75. The Balaban J connectivity index is 2.16. The van der Waals surface area contributed by atoms with Crippen LogP contribution in [-0.4, -0.2) is 17.2 Å². The van der Waals surface area contributed by atoms with E-state index in [-0.39, 0.29) is 6.61 Å². The molecule has 1 aromatic carbocycles. The van der Waals surface area contributed by atoms with E-state index in [1.54, 1.807) is 23.5 Å². The summed E-state index contributed by atoms with van der Waals surface area (Å²) in [6.07, 6.45) is 0.917. The Bertz CT molecular complexity index is 586. The summed E-state index contributed by atoms with van der Waals surface area (Å²) in [6, 6.07) is 3.37. The molecule has 0 saturated heterocycles. The van der Waals surface area contributed by atoms with E-state index in [1.165, 1.54) is 7.11 Å². The van der Waals surface area contributed by atoms with Crippen molar-refractivity contribution in [3.05, 3.63) is 38.8 Å². The van der Waals surface area contributed by atoms with E-state index in [4.69, 9.17) is 26.2 Å². The lowest BCUT2D eigenvalue weighted by atomic mass is 10.2. The Kier molecular flexibility index (Phi) is 5.23. The Hall–Kier alpha value is -1.30. The number of hydrogen-bond donors (Lipinski definition) is 1. The monoisotopic (exact) mass is 313 g/mol. The molecule has 2 rings (SSSR count). The van der Waals surface area contributed by atoms with Gasteiger partial charge in [0.05, 0.1) is 29.4 Å². The number of aliphatic hydroxyl groups excluding tert-OH is 1. The highest BCUT2D eigenvalue weighted by Crippen LogP contribution is 2.37. The molecule has 1 N–H and O–H groups in total. The summed E-state index contributed by atoms with van der Waals surface area (Å²) in [7, 11) is 1.54. The molecule has 6 heteroatoms. The average molecular weight is 314 g/mol. The van der Waals surface area contributed by atoms with Crippen LogP contribution in [0.4, 0.5) is 0 Å². The SMILES string of the molecule is CCc1nc(COc2c(Cl)cc(CO)cc2OC)cs1. The maximum atomic E-state index is 9.15. The van der Waals surface area contributed by atoms with Crippen molar-refractivity contribution in [1.82, 2.24) is 4.98 Å². The largest absolute Gasteiger partial charge is 0.493 e. The van der Waals surface area contributed by atoms with Crippen LogP contribution in [0.3, 0.4) is 0 Å². The molecule has 1 aromatic heterocycles. The molecule has 0 spiro atoms. The normalized spacial score (nSPS) is 10.6. The predicted octanol–water partition coefficient (Wildman–Crippen LogP) is 3.44. The van der Waals surface area contributed by atoms with E-state index in [2.05, 4.69) is 11.9 Å². The Morgan fingerprint density at radius 1 is 1.40 bits per heavy atom. The molecule has 0 unspecified atom stereocenters. The number of benzene rings is 1. The number of aryl methyl sites for hydroxylation is 1. The molecule has 2 aromatic rings. The minimum Gasteiger partial charge on any atom is -0.493 e. The summed E-state index contributed by atoms with van der Waals surface area (Å²) in [5.74, 6) is 0.977. The zero-order valence-corrected chi connectivity index (χ0v) is 12.9. The van der Waals surface area contributed by atoms with Gasteiger partial charge in [-0.05, 0) is 24.1 Å². The zero-order chi connectivity index (χ0) is 14.5.